The van der Waals surface area contributed by atoms with Crippen LogP contribution < -0.4 is 10.1 Å². The molecule has 2 aromatic carbocycles. The van der Waals surface area contributed by atoms with E-state index in [1.54, 1.807) is 19.2 Å². The Balaban J connectivity index is 1.58. The van der Waals surface area contributed by atoms with E-state index in [1.807, 2.05) is 18.3 Å². The fourth-order valence-corrected chi connectivity index (χ4v) is 5.65. The van der Waals surface area contributed by atoms with Gasteiger partial charge in [-0.3, -0.25) is 4.90 Å². The molecule has 6 nitrogen and oxygen atoms in total. The van der Waals surface area contributed by atoms with Gasteiger partial charge < -0.3 is 20.1 Å². The number of nitrogens with one attached hydrogen (secondary N) is 2. The van der Waals surface area contributed by atoms with E-state index in [1.165, 1.54) is 22.1 Å². The Kier molecular flexibility index (Phi) is 4.99. The molecule has 0 aliphatic carbocycles. The standard InChI is InChI=1S/C25H29N3O3/c1-16-13-22(31-2)21(20-7-10-27-23(16)20)15-28-12-8-19-14-25(28,9-11-26-19)18-5-3-17(4-6-18)24(29)30/h3-7,10,13,19,26-27H,8-9,11-12,14-15H2,1-2H3,(H,29,30)/t19-,25-/m1/s1. The second-order valence-corrected chi connectivity index (χ2v) is 8.87. The SMILES string of the molecule is COc1cc(C)c2[nH]ccc2c1CN1CC[C@@H]2C[C@@]1(c1ccc(C(=O)O)cc1)CCN2. The Labute approximate surface area is 182 Å². The van der Waals surface area contributed by atoms with Crippen molar-refractivity contribution < 1.29 is 14.6 Å². The summed E-state index contributed by atoms with van der Waals surface area (Å²) in [5.41, 5.74) is 4.99. The number of rotatable bonds is 5. The van der Waals surface area contributed by atoms with Gasteiger partial charge in [-0.15, -0.1) is 0 Å². The minimum Gasteiger partial charge on any atom is -0.496 e. The summed E-state index contributed by atoms with van der Waals surface area (Å²) in [4.78, 5) is 17.3. The highest BCUT2D eigenvalue weighted by molar-refractivity contribution is 5.88. The number of piperidine rings is 2. The largest absolute Gasteiger partial charge is 0.496 e. The Bertz CT molecular complexity index is 1120. The highest BCUT2D eigenvalue weighted by Crippen LogP contribution is 2.45. The monoisotopic (exact) mass is 419 g/mol. The predicted octanol–water partition coefficient (Wildman–Crippen LogP) is 4.04. The van der Waals surface area contributed by atoms with Crippen molar-refractivity contribution in [2.75, 3.05) is 20.2 Å². The molecule has 2 fully saturated rings. The van der Waals surface area contributed by atoms with Crippen molar-refractivity contribution in [3.05, 3.63) is 64.8 Å². The molecule has 2 aliphatic rings. The summed E-state index contributed by atoms with van der Waals surface area (Å²) in [6.07, 6.45) is 5.14. The third-order valence-corrected chi connectivity index (χ3v) is 7.26. The van der Waals surface area contributed by atoms with E-state index in [2.05, 4.69) is 34.3 Å². The third kappa shape index (κ3) is 3.30. The molecule has 6 heteroatoms. The van der Waals surface area contributed by atoms with Gasteiger partial charge in [-0.2, -0.15) is 0 Å². The number of aromatic amines is 1. The van der Waals surface area contributed by atoms with E-state index in [4.69, 9.17) is 4.74 Å². The van der Waals surface area contributed by atoms with Crippen molar-refractivity contribution in [1.82, 2.24) is 15.2 Å². The average Bonchev–Trinajstić information content (AvgIpc) is 3.28. The van der Waals surface area contributed by atoms with E-state index in [0.717, 1.165) is 50.2 Å². The molecule has 2 saturated heterocycles. The summed E-state index contributed by atoms with van der Waals surface area (Å²) in [7, 11) is 1.74. The summed E-state index contributed by atoms with van der Waals surface area (Å²) in [6, 6.07) is 12.3. The van der Waals surface area contributed by atoms with Gasteiger partial charge in [-0.1, -0.05) is 12.1 Å². The van der Waals surface area contributed by atoms with Crippen molar-refractivity contribution in [2.45, 2.75) is 44.3 Å². The van der Waals surface area contributed by atoms with Crippen LogP contribution in [0.1, 0.15) is 46.3 Å². The van der Waals surface area contributed by atoms with Gasteiger partial charge in [-0.25, -0.2) is 4.79 Å². The number of H-pyrrole nitrogens is 1. The van der Waals surface area contributed by atoms with E-state index < -0.39 is 5.97 Å². The predicted molar refractivity (Wildman–Crippen MR) is 121 cm³/mol. The lowest BCUT2D eigenvalue weighted by Crippen LogP contribution is -2.60. The number of aromatic nitrogens is 1. The number of fused-ring (bicyclic) bond motifs is 3. The number of hydrogen-bond donors (Lipinski definition) is 3. The molecule has 0 amide bonds. The number of aromatic carboxylic acids is 1. The van der Waals surface area contributed by atoms with E-state index in [9.17, 15) is 9.90 Å². The molecule has 3 N–H and O–H groups in total. The Morgan fingerprint density at radius 3 is 2.84 bits per heavy atom. The zero-order valence-corrected chi connectivity index (χ0v) is 18.1. The second kappa shape index (κ2) is 7.70. The first-order chi connectivity index (χ1) is 15.0. The number of ether oxygens (including phenoxy) is 1. The number of carboxylic acid groups (broad SMARTS) is 1. The van der Waals surface area contributed by atoms with Crippen LogP contribution in [0.15, 0.2) is 42.6 Å². The van der Waals surface area contributed by atoms with Crippen LogP contribution in [0.25, 0.3) is 10.9 Å². The molecule has 2 bridgehead atoms. The average molecular weight is 420 g/mol. The molecule has 0 spiro atoms. The Morgan fingerprint density at radius 1 is 1.29 bits per heavy atom. The van der Waals surface area contributed by atoms with Crippen molar-refractivity contribution in [3.63, 3.8) is 0 Å². The van der Waals surface area contributed by atoms with Gasteiger partial charge in [0.2, 0.25) is 0 Å². The minimum atomic E-state index is -0.882. The number of carbonyl (C=O) groups is 1. The number of nitrogens with zero attached hydrogens (tertiary/aromatic N) is 1. The lowest BCUT2D eigenvalue weighted by molar-refractivity contribution is -0.00844. The Hall–Kier alpha value is -2.83. The van der Waals surface area contributed by atoms with Crippen LogP contribution >= 0.6 is 0 Å². The van der Waals surface area contributed by atoms with Gasteiger partial charge in [-0.05, 0) is 68.1 Å². The normalized spacial score (nSPS) is 23.7. The molecule has 162 valence electrons. The number of benzene rings is 2. The zero-order chi connectivity index (χ0) is 21.6. The van der Waals surface area contributed by atoms with Crippen molar-refractivity contribution in [2.24, 2.45) is 0 Å². The van der Waals surface area contributed by atoms with E-state index >= 15 is 0 Å². The van der Waals surface area contributed by atoms with Gasteiger partial charge in [0, 0.05) is 47.3 Å². The van der Waals surface area contributed by atoms with Crippen LogP contribution in [0.4, 0.5) is 0 Å². The van der Waals surface area contributed by atoms with Crippen LogP contribution in [0.2, 0.25) is 0 Å². The fraction of sp³-hybridized carbons (Fsp3) is 0.400. The van der Waals surface area contributed by atoms with Gasteiger partial charge in [0.1, 0.15) is 5.75 Å². The summed E-state index contributed by atoms with van der Waals surface area (Å²) < 4.78 is 5.81. The molecule has 0 radical (unpaired) electrons. The number of methoxy groups -OCH3 is 1. The van der Waals surface area contributed by atoms with Crippen molar-refractivity contribution in [1.29, 1.82) is 0 Å². The van der Waals surface area contributed by atoms with Crippen LogP contribution in [-0.4, -0.2) is 47.2 Å². The van der Waals surface area contributed by atoms with Crippen LogP contribution in [0, 0.1) is 6.92 Å². The molecule has 0 unspecified atom stereocenters. The number of likely N-dealkylation sites (tertiary alicyclic amines) is 1. The molecule has 0 saturated carbocycles. The first-order valence-electron chi connectivity index (χ1n) is 11.0. The maximum Gasteiger partial charge on any atom is 0.335 e. The fourth-order valence-electron chi connectivity index (χ4n) is 5.65. The third-order valence-electron chi connectivity index (χ3n) is 7.26. The lowest BCUT2D eigenvalue weighted by Gasteiger charge is -2.54. The molecule has 2 atom stereocenters. The second-order valence-electron chi connectivity index (χ2n) is 8.87. The molecule has 2 aliphatic heterocycles. The van der Waals surface area contributed by atoms with Crippen LogP contribution in [0.3, 0.4) is 0 Å². The topological polar surface area (TPSA) is 77.6 Å². The first-order valence-corrected chi connectivity index (χ1v) is 11.0. The van der Waals surface area contributed by atoms with Crippen LogP contribution in [-0.2, 0) is 12.1 Å². The molecule has 1 aromatic heterocycles. The number of carboxylic acids is 1. The van der Waals surface area contributed by atoms with Crippen molar-refractivity contribution in [3.8, 4) is 5.75 Å². The number of aryl methyl sites for hydroxylation is 1. The van der Waals surface area contributed by atoms with Crippen molar-refractivity contribution >= 4 is 16.9 Å². The summed E-state index contributed by atoms with van der Waals surface area (Å²) >= 11 is 0. The zero-order valence-electron chi connectivity index (χ0n) is 18.1. The first kappa shape index (κ1) is 20.1. The van der Waals surface area contributed by atoms with E-state index in [-0.39, 0.29) is 5.54 Å². The maximum absolute atomic E-state index is 11.4. The Morgan fingerprint density at radius 2 is 2.10 bits per heavy atom. The van der Waals surface area contributed by atoms with Gasteiger partial charge in [0.15, 0.2) is 0 Å². The summed E-state index contributed by atoms with van der Waals surface area (Å²) in [5, 5.41) is 14.2. The quantitative estimate of drug-likeness (QED) is 0.582. The molecule has 31 heavy (non-hydrogen) atoms. The molecule has 5 rings (SSSR count). The maximum atomic E-state index is 11.4. The van der Waals surface area contributed by atoms with Gasteiger partial charge in [0.25, 0.3) is 0 Å². The van der Waals surface area contributed by atoms with E-state index in [0.29, 0.717) is 11.6 Å². The highest BCUT2D eigenvalue weighted by Gasteiger charge is 2.46. The highest BCUT2D eigenvalue weighted by atomic mass is 16.5. The lowest BCUT2D eigenvalue weighted by atomic mass is 9.73. The molecule has 3 heterocycles. The molecule has 3 aromatic rings. The minimum absolute atomic E-state index is 0.107. The summed E-state index contributed by atoms with van der Waals surface area (Å²) in [5.74, 6) is 0.0454. The van der Waals surface area contributed by atoms with Gasteiger partial charge >= 0.3 is 5.97 Å². The smallest absolute Gasteiger partial charge is 0.335 e. The molecular weight excluding hydrogens is 390 g/mol. The summed E-state index contributed by atoms with van der Waals surface area (Å²) in [6.45, 7) is 4.86. The van der Waals surface area contributed by atoms with Gasteiger partial charge in [0.05, 0.1) is 12.7 Å². The number of hydrogen-bond acceptors (Lipinski definition) is 4. The van der Waals surface area contributed by atoms with Crippen LogP contribution in [0.5, 0.6) is 5.75 Å². The molecular formula is C25H29N3O3.